The molecule has 0 radical (unpaired) electrons. The van der Waals surface area contributed by atoms with Crippen LogP contribution in [0.25, 0.3) is 0 Å². The normalized spacial score (nSPS) is 15.4. The molecule has 1 aromatic rings. The first-order chi connectivity index (χ1) is 11.5. The fourth-order valence-corrected chi connectivity index (χ4v) is 3.07. The molecule has 1 saturated carbocycles. The van der Waals surface area contributed by atoms with E-state index in [1.165, 1.54) is 12.6 Å². The summed E-state index contributed by atoms with van der Waals surface area (Å²) in [5, 5.41) is 7.81. The van der Waals surface area contributed by atoms with Crippen LogP contribution >= 0.6 is 23.2 Å². The molecule has 1 aromatic carbocycles. The minimum Gasteiger partial charge on any atom is -0.353 e. The van der Waals surface area contributed by atoms with Gasteiger partial charge >= 0.3 is 0 Å². The van der Waals surface area contributed by atoms with Crippen LogP contribution in [0.15, 0.2) is 23.3 Å². The van der Waals surface area contributed by atoms with Gasteiger partial charge in [0, 0.05) is 29.5 Å². The first-order valence-electron chi connectivity index (χ1n) is 8.11. The molecule has 2 amide bonds. The van der Waals surface area contributed by atoms with Gasteiger partial charge in [0.1, 0.15) is 0 Å². The van der Waals surface area contributed by atoms with Crippen LogP contribution in [-0.4, -0.2) is 24.1 Å². The van der Waals surface area contributed by atoms with E-state index < -0.39 is 0 Å². The molecule has 0 atom stereocenters. The number of hydrogen-bond acceptors (Lipinski definition) is 3. The lowest BCUT2D eigenvalue weighted by Gasteiger charge is -2.22. The average molecular weight is 370 g/mol. The number of rotatable bonds is 6. The van der Waals surface area contributed by atoms with E-state index >= 15 is 0 Å². The van der Waals surface area contributed by atoms with Crippen molar-refractivity contribution in [3.63, 3.8) is 0 Å². The van der Waals surface area contributed by atoms with Gasteiger partial charge in [-0.15, -0.1) is 0 Å². The summed E-state index contributed by atoms with van der Waals surface area (Å²) in [7, 11) is 0. The van der Waals surface area contributed by atoms with Gasteiger partial charge in [0.05, 0.1) is 11.2 Å². The highest BCUT2D eigenvalue weighted by molar-refractivity contribution is 6.36. The number of halogens is 2. The Labute approximate surface area is 151 Å². The molecule has 0 bridgehead atoms. The quantitative estimate of drug-likeness (QED) is 0.593. The standard InChI is InChI=1S/C17H21Cl2N3O2/c18-13-7-6-12(15(19)10-13)11-20-22-17(24)9-8-16(23)21-14-4-2-1-3-5-14/h6-7,10-11,14H,1-5,8-9H2,(H,21,23)(H,22,24)/b20-11+. The SMILES string of the molecule is O=C(CCC(=O)NC1CCCCC1)N/N=C/c1ccc(Cl)cc1Cl. The van der Waals surface area contributed by atoms with E-state index in [9.17, 15) is 9.59 Å². The fourth-order valence-electron chi connectivity index (χ4n) is 2.61. The van der Waals surface area contributed by atoms with E-state index in [2.05, 4.69) is 15.8 Å². The van der Waals surface area contributed by atoms with Crippen molar-refractivity contribution in [2.75, 3.05) is 0 Å². The predicted octanol–water partition coefficient (Wildman–Crippen LogP) is 3.67. The number of hydrogen-bond donors (Lipinski definition) is 2. The molecule has 0 aliphatic heterocycles. The minimum atomic E-state index is -0.310. The lowest BCUT2D eigenvalue weighted by Crippen LogP contribution is -2.36. The van der Waals surface area contributed by atoms with Gasteiger partial charge in [0.15, 0.2) is 0 Å². The van der Waals surface area contributed by atoms with E-state index in [1.54, 1.807) is 18.2 Å². The zero-order valence-corrected chi connectivity index (χ0v) is 14.9. The molecule has 24 heavy (non-hydrogen) atoms. The Balaban J connectivity index is 1.69. The first kappa shape index (κ1) is 18.7. The summed E-state index contributed by atoms with van der Waals surface area (Å²) in [6, 6.07) is 5.26. The second-order valence-electron chi connectivity index (χ2n) is 5.86. The molecule has 1 aliphatic carbocycles. The third-order valence-corrected chi connectivity index (χ3v) is 4.47. The van der Waals surface area contributed by atoms with Gasteiger partial charge in [0.25, 0.3) is 0 Å². The summed E-state index contributed by atoms with van der Waals surface area (Å²) in [5.74, 6) is -0.392. The van der Waals surface area contributed by atoms with Crippen LogP contribution < -0.4 is 10.7 Å². The molecule has 2 N–H and O–H groups in total. The Bertz CT molecular complexity index is 614. The molecule has 7 heteroatoms. The maximum Gasteiger partial charge on any atom is 0.240 e. The summed E-state index contributed by atoms with van der Waals surface area (Å²) < 4.78 is 0. The molecule has 1 aliphatic rings. The Kier molecular flexibility index (Phi) is 7.53. The second kappa shape index (κ2) is 9.64. The van der Waals surface area contributed by atoms with Crippen molar-refractivity contribution in [2.45, 2.75) is 51.0 Å². The van der Waals surface area contributed by atoms with Gasteiger partial charge < -0.3 is 5.32 Å². The molecule has 5 nitrogen and oxygen atoms in total. The average Bonchev–Trinajstić information content (AvgIpc) is 2.56. The molecular formula is C17H21Cl2N3O2. The van der Waals surface area contributed by atoms with Crippen LogP contribution in [0.4, 0.5) is 0 Å². The highest BCUT2D eigenvalue weighted by Gasteiger charge is 2.16. The van der Waals surface area contributed by atoms with Gasteiger partial charge in [0.2, 0.25) is 11.8 Å². The summed E-state index contributed by atoms with van der Waals surface area (Å²) in [6.45, 7) is 0. The van der Waals surface area contributed by atoms with Gasteiger partial charge in [-0.2, -0.15) is 5.10 Å². The highest BCUT2D eigenvalue weighted by atomic mass is 35.5. The highest BCUT2D eigenvalue weighted by Crippen LogP contribution is 2.19. The molecule has 1 fully saturated rings. The summed E-state index contributed by atoms with van der Waals surface area (Å²) in [5.41, 5.74) is 3.04. The monoisotopic (exact) mass is 369 g/mol. The molecule has 0 aromatic heterocycles. The summed E-state index contributed by atoms with van der Waals surface area (Å²) in [4.78, 5) is 23.5. The smallest absolute Gasteiger partial charge is 0.240 e. The van der Waals surface area contributed by atoms with Gasteiger partial charge in [-0.25, -0.2) is 5.43 Å². The molecule has 130 valence electrons. The number of carbonyl (C=O) groups excluding carboxylic acids is 2. The van der Waals surface area contributed by atoms with E-state index in [-0.39, 0.29) is 30.7 Å². The number of hydrazone groups is 1. The molecule has 0 spiro atoms. The third-order valence-electron chi connectivity index (χ3n) is 3.90. The van der Waals surface area contributed by atoms with Crippen molar-refractivity contribution in [1.82, 2.24) is 10.7 Å². The minimum absolute atomic E-state index is 0.0817. The second-order valence-corrected chi connectivity index (χ2v) is 6.71. The lowest BCUT2D eigenvalue weighted by molar-refractivity contribution is -0.126. The Morgan fingerprint density at radius 2 is 1.83 bits per heavy atom. The van der Waals surface area contributed by atoms with Crippen LogP contribution in [0.5, 0.6) is 0 Å². The van der Waals surface area contributed by atoms with Crippen LogP contribution in [0, 0.1) is 0 Å². The van der Waals surface area contributed by atoms with Gasteiger partial charge in [-0.05, 0) is 25.0 Å². The van der Waals surface area contributed by atoms with Crippen LogP contribution in [0.2, 0.25) is 10.0 Å². The number of nitrogens with zero attached hydrogens (tertiary/aromatic N) is 1. The Hall–Kier alpha value is -1.59. The molecular weight excluding hydrogens is 349 g/mol. The number of benzene rings is 1. The number of carbonyl (C=O) groups is 2. The largest absolute Gasteiger partial charge is 0.353 e. The molecule has 0 unspecified atom stereocenters. The van der Waals surface area contributed by atoms with Crippen molar-refractivity contribution in [3.8, 4) is 0 Å². The third kappa shape index (κ3) is 6.49. The molecule has 2 rings (SSSR count). The maximum atomic E-state index is 11.8. The zero-order valence-electron chi connectivity index (χ0n) is 13.4. The Morgan fingerprint density at radius 1 is 1.12 bits per heavy atom. The van der Waals surface area contributed by atoms with Crippen LogP contribution in [0.3, 0.4) is 0 Å². The van der Waals surface area contributed by atoms with Crippen LogP contribution in [-0.2, 0) is 9.59 Å². The number of amides is 2. The fraction of sp³-hybridized carbons (Fsp3) is 0.471. The van der Waals surface area contributed by atoms with Crippen molar-refractivity contribution in [2.24, 2.45) is 5.10 Å². The maximum absolute atomic E-state index is 11.8. The van der Waals surface area contributed by atoms with E-state index in [4.69, 9.17) is 23.2 Å². The van der Waals surface area contributed by atoms with E-state index in [0.717, 1.165) is 25.7 Å². The lowest BCUT2D eigenvalue weighted by atomic mass is 9.95. The summed E-state index contributed by atoms with van der Waals surface area (Å²) in [6.07, 6.45) is 7.34. The zero-order chi connectivity index (χ0) is 17.4. The van der Waals surface area contributed by atoms with E-state index in [1.807, 2.05) is 0 Å². The van der Waals surface area contributed by atoms with Crippen molar-refractivity contribution >= 4 is 41.2 Å². The van der Waals surface area contributed by atoms with Crippen molar-refractivity contribution < 1.29 is 9.59 Å². The topological polar surface area (TPSA) is 70.6 Å². The van der Waals surface area contributed by atoms with Gasteiger partial charge in [-0.3, -0.25) is 9.59 Å². The van der Waals surface area contributed by atoms with Crippen molar-refractivity contribution in [3.05, 3.63) is 33.8 Å². The van der Waals surface area contributed by atoms with E-state index in [0.29, 0.717) is 15.6 Å². The Morgan fingerprint density at radius 3 is 2.54 bits per heavy atom. The molecule has 0 saturated heterocycles. The van der Waals surface area contributed by atoms with Gasteiger partial charge in [-0.1, -0.05) is 48.5 Å². The van der Waals surface area contributed by atoms with Crippen molar-refractivity contribution in [1.29, 1.82) is 0 Å². The first-order valence-corrected chi connectivity index (χ1v) is 8.86. The summed E-state index contributed by atoms with van der Waals surface area (Å²) >= 11 is 11.8. The van der Waals surface area contributed by atoms with Crippen LogP contribution in [0.1, 0.15) is 50.5 Å². The molecule has 0 heterocycles. The predicted molar refractivity (Wildman–Crippen MR) is 96.4 cm³/mol. The number of nitrogens with one attached hydrogen (secondary N) is 2.